The Kier molecular flexibility index (Phi) is 5.93. The van der Waals surface area contributed by atoms with Crippen molar-refractivity contribution >= 4 is 6.03 Å². The molecule has 0 aliphatic carbocycles. The molecular formula is C22H26N2O5. The third kappa shape index (κ3) is 4.50. The molecule has 2 aliphatic heterocycles. The Bertz CT molecular complexity index is 834. The van der Waals surface area contributed by atoms with E-state index in [-0.39, 0.29) is 6.03 Å². The van der Waals surface area contributed by atoms with E-state index in [1.807, 2.05) is 24.3 Å². The van der Waals surface area contributed by atoms with Gasteiger partial charge in [0.15, 0.2) is 0 Å². The second kappa shape index (κ2) is 8.94. The summed E-state index contributed by atoms with van der Waals surface area (Å²) in [5, 5.41) is 5.72. The lowest BCUT2D eigenvalue weighted by Crippen LogP contribution is -2.38. The van der Waals surface area contributed by atoms with Crippen molar-refractivity contribution in [3.63, 3.8) is 0 Å². The largest absolute Gasteiger partial charge is 0.497 e. The van der Waals surface area contributed by atoms with E-state index in [2.05, 4.69) is 16.7 Å². The standard InChI is InChI=1S/C22H26N2O5/c1-26-16-2-4-17(5-3-16)27-13-10-24-22(25)23-9-6-19-18-8-12-28-20(18)14-15-7-11-29-21(15)19/h2-5,14H,6-13H2,1H3,(H2,23,24,25). The first-order chi connectivity index (χ1) is 14.2. The van der Waals surface area contributed by atoms with Crippen LogP contribution in [0.5, 0.6) is 23.0 Å². The zero-order valence-electron chi connectivity index (χ0n) is 16.6. The second-order valence-electron chi connectivity index (χ2n) is 6.97. The van der Waals surface area contributed by atoms with E-state index < -0.39 is 0 Å². The first-order valence-corrected chi connectivity index (χ1v) is 9.96. The van der Waals surface area contributed by atoms with E-state index in [9.17, 15) is 4.79 Å². The molecule has 2 aliphatic rings. The van der Waals surface area contributed by atoms with Crippen molar-refractivity contribution in [1.82, 2.24) is 10.6 Å². The van der Waals surface area contributed by atoms with Gasteiger partial charge in [0.25, 0.3) is 0 Å². The lowest BCUT2D eigenvalue weighted by molar-refractivity contribution is 0.236. The van der Waals surface area contributed by atoms with Crippen molar-refractivity contribution in [2.75, 3.05) is 40.0 Å². The van der Waals surface area contributed by atoms with Crippen molar-refractivity contribution in [3.05, 3.63) is 47.0 Å². The fourth-order valence-corrected chi connectivity index (χ4v) is 3.72. The topological polar surface area (TPSA) is 78.1 Å². The van der Waals surface area contributed by atoms with Gasteiger partial charge in [0.2, 0.25) is 0 Å². The molecule has 0 spiro atoms. The highest BCUT2D eigenvalue weighted by Gasteiger charge is 2.26. The molecule has 0 unspecified atom stereocenters. The van der Waals surface area contributed by atoms with Gasteiger partial charge < -0.3 is 29.6 Å². The zero-order chi connectivity index (χ0) is 20.1. The number of carbonyl (C=O) groups is 1. The Morgan fingerprint density at radius 1 is 1.03 bits per heavy atom. The molecule has 2 heterocycles. The highest BCUT2D eigenvalue weighted by Crippen LogP contribution is 2.40. The van der Waals surface area contributed by atoms with E-state index in [1.165, 1.54) is 16.7 Å². The normalized spacial score (nSPS) is 13.7. The number of hydrogen-bond donors (Lipinski definition) is 2. The van der Waals surface area contributed by atoms with E-state index in [0.717, 1.165) is 42.3 Å². The summed E-state index contributed by atoms with van der Waals surface area (Å²) < 4.78 is 22.3. The summed E-state index contributed by atoms with van der Waals surface area (Å²) in [6.45, 7) is 2.79. The van der Waals surface area contributed by atoms with Crippen LogP contribution in [0.3, 0.4) is 0 Å². The highest BCUT2D eigenvalue weighted by atomic mass is 16.5. The van der Waals surface area contributed by atoms with Crippen LogP contribution in [0.4, 0.5) is 4.79 Å². The van der Waals surface area contributed by atoms with Crippen LogP contribution in [0.2, 0.25) is 0 Å². The predicted molar refractivity (Wildman–Crippen MR) is 108 cm³/mol. The summed E-state index contributed by atoms with van der Waals surface area (Å²) in [5.41, 5.74) is 3.61. The van der Waals surface area contributed by atoms with Crippen LogP contribution in [0.25, 0.3) is 0 Å². The number of fused-ring (bicyclic) bond motifs is 2. The first-order valence-electron chi connectivity index (χ1n) is 9.96. The number of rotatable bonds is 8. The van der Waals surface area contributed by atoms with Crippen LogP contribution < -0.4 is 29.6 Å². The lowest BCUT2D eigenvalue weighted by atomic mass is 9.97. The van der Waals surface area contributed by atoms with E-state index in [0.29, 0.717) is 32.9 Å². The van der Waals surface area contributed by atoms with Gasteiger partial charge in [0, 0.05) is 36.1 Å². The minimum absolute atomic E-state index is 0.204. The molecule has 0 bridgehead atoms. The van der Waals surface area contributed by atoms with Gasteiger partial charge in [-0.25, -0.2) is 4.79 Å². The zero-order valence-corrected chi connectivity index (χ0v) is 16.6. The second-order valence-corrected chi connectivity index (χ2v) is 6.97. The molecule has 2 amide bonds. The molecular weight excluding hydrogens is 372 g/mol. The molecule has 7 heteroatoms. The summed E-state index contributed by atoms with van der Waals surface area (Å²) >= 11 is 0. The Morgan fingerprint density at radius 3 is 2.62 bits per heavy atom. The summed E-state index contributed by atoms with van der Waals surface area (Å²) in [7, 11) is 1.62. The van der Waals surface area contributed by atoms with Gasteiger partial charge in [-0.15, -0.1) is 0 Å². The average Bonchev–Trinajstić information content (AvgIpc) is 3.40. The highest BCUT2D eigenvalue weighted by molar-refractivity contribution is 5.73. The van der Waals surface area contributed by atoms with Crippen LogP contribution in [0.1, 0.15) is 16.7 Å². The number of carbonyl (C=O) groups excluding carboxylic acids is 1. The number of hydrogen-bond acceptors (Lipinski definition) is 5. The first kappa shape index (κ1) is 19.2. The molecule has 0 saturated carbocycles. The third-order valence-electron chi connectivity index (χ3n) is 5.14. The molecule has 0 atom stereocenters. The van der Waals surface area contributed by atoms with Crippen LogP contribution in [0, 0.1) is 0 Å². The molecule has 0 aromatic heterocycles. The van der Waals surface area contributed by atoms with Crippen LogP contribution in [-0.4, -0.2) is 46.1 Å². The summed E-state index contributed by atoms with van der Waals surface area (Å²) in [5.74, 6) is 3.48. The van der Waals surface area contributed by atoms with Gasteiger partial charge in [-0.1, -0.05) is 0 Å². The maximum atomic E-state index is 12.0. The van der Waals surface area contributed by atoms with Crippen molar-refractivity contribution in [3.8, 4) is 23.0 Å². The van der Waals surface area contributed by atoms with Crippen LogP contribution >= 0.6 is 0 Å². The van der Waals surface area contributed by atoms with Crippen molar-refractivity contribution in [2.24, 2.45) is 0 Å². The number of benzene rings is 2. The lowest BCUT2D eigenvalue weighted by Gasteiger charge is -2.14. The monoisotopic (exact) mass is 398 g/mol. The average molecular weight is 398 g/mol. The Labute approximate surface area is 170 Å². The maximum Gasteiger partial charge on any atom is 0.314 e. The molecule has 29 heavy (non-hydrogen) atoms. The molecule has 0 fully saturated rings. The molecule has 2 aromatic carbocycles. The maximum absolute atomic E-state index is 12.0. The van der Waals surface area contributed by atoms with Gasteiger partial charge >= 0.3 is 6.03 Å². The van der Waals surface area contributed by atoms with Crippen molar-refractivity contribution in [1.29, 1.82) is 0 Å². The molecule has 0 saturated heterocycles. The fourth-order valence-electron chi connectivity index (χ4n) is 3.72. The van der Waals surface area contributed by atoms with Crippen molar-refractivity contribution < 1.29 is 23.7 Å². The number of amides is 2. The molecule has 4 rings (SSSR count). The minimum atomic E-state index is -0.204. The SMILES string of the molecule is COc1ccc(OCCNC(=O)NCCc2c3c(cc4c2OCC4)OCC3)cc1. The summed E-state index contributed by atoms with van der Waals surface area (Å²) in [4.78, 5) is 12.0. The molecule has 2 N–H and O–H groups in total. The Hall–Kier alpha value is -3.09. The summed E-state index contributed by atoms with van der Waals surface area (Å²) in [6.07, 6.45) is 2.54. The van der Waals surface area contributed by atoms with Crippen LogP contribution in [0.15, 0.2) is 30.3 Å². The van der Waals surface area contributed by atoms with E-state index in [4.69, 9.17) is 18.9 Å². The quantitative estimate of drug-likeness (QED) is 0.668. The van der Waals surface area contributed by atoms with Gasteiger partial charge in [-0.2, -0.15) is 0 Å². The molecule has 0 radical (unpaired) electrons. The van der Waals surface area contributed by atoms with Gasteiger partial charge in [-0.05, 0) is 36.8 Å². The van der Waals surface area contributed by atoms with Gasteiger partial charge in [0.05, 0.1) is 26.9 Å². The predicted octanol–water partition coefficient (Wildman–Crippen LogP) is 2.49. The number of nitrogens with one attached hydrogen (secondary N) is 2. The number of methoxy groups -OCH3 is 1. The minimum Gasteiger partial charge on any atom is -0.497 e. The smallest absolute Gasteiger partial charge is 0.314 e. The number of urea groups is 1. The third-order valence-corrected chi connectivity index (χ3v) is 5.14. The molecule has 7 nitrogen and oxygen atoms in total. The Morgan fingerprint density at radius 2 is 1.79 bits per heavy atom. The number of ether oxygens (including phenoxy) is 4. The van der Waals surface area contributed by atoms with E-state index in [1.54, 1.807) is 7.11 Å². The van der Waals surface area contributed by atoms with Crippen LogP contribution in [-0.2, 0) is 19.3 Å². The molecule has 2 aromatic rings. The van der Waals surface area contributed by atoms with Gasteiger partial charge in [0.1, 0.15) is 29.6 Å². The fraction of sp³-hybridized carbons (Fsp3) is 0.409. The van der Waals surface area contributed by atoms with E-state index >= 15 is 0 Å². The Balaban J connectivity index is 1.20. The van der Waals surface area contributed by atoms with Gasteiger partial charge in [-0.3, -0.25) is 0 Å². The van der Waals surface area contributed by atoms with Crippen molar-refractivity contribution in [2.45, 2.75) is 19.3 Å². The summed E-state index contributed by atoms with van der Waals surface area (Å²) in [6, 6.07) is 9.24. The molecule has 154 valence electrons.